The molecule has 0 aliphatic carbocycles. The van der Waals surface area contributed by atoms with Crippen molar-refractivity contribution in [1.29, 1.82) is 0 Å². The van der Waals surface area contributed by atoms with Gasteiger partial charge in [-0.1, -0.05) is 54.6 Å². The molecule has 4 rings (SSSR count). The van der Waals surface area contributed by atoms with Gasteiger partial charge in [-0.2, -0.15) is 0 Å². The fraction of sp³-hybridized carbons (Fsp3) is 0.321. The molecule has 1 N–H and O–H groups in total. The Balaban J connectivity index is 1.32. The summed E-state index contributed by atoms with van der Waals surface area (Å²) >= 11 is 0. The van der Waals surface area contributed by atoms with Crippen LogP contribution in [0.25, 0.3) is 0 Å². The van der Waals surface area contributed by atoms with Gasteiger partial charge in [0.25, 0.3) is 5.91 Å². The highest BCUT2D eigenvalue weighted by Gasteiger charge is 2.14. The summed E-state index contributed by atoms with van der Waals surface area (Å²) in [6.07, 6.45) is 0. The lowest BCUT2D eigenvalue weighted by molar-refractivity contribution is 0.0950. The minimum atomic E-state index is -0.141. The SMILES string of the molecule is COc1cc(C(=O)NCc2cccc(CN3CCN(C)CC3)c2)ccc1OCc1ccccc1. The molecule has 34 heavy (non-hydrogen) atoms. The van der Waals surface area contributed by atoms with Gasteiger partial charge in [0.15, 0.2) is 11.5 Å². The maximum Gasteiger partial charge on any atom is 0.251 e. The lowest BCUT2D eigenvalue weighted by Crippen LogP contribution is -2.43. The molecule has 0 saturated carbocycles. The third-order valence-electron chi connectivity index (χ3n) is 6.11. The van der Waals surface area contributed by atoms with Crippen LogP contribution in [-0.4, -0.2) is 56.0 Å². The fourth-order valence-corrected chi connectivity index (χ4v) is 4.05. The maximum atomic E-state index is 12.8. The molecular weight excluding hydrogens is 426 g/mol. The van der Waals surface area contributed by atoms with E-state index >= 15 is 0 Å². The van der Waals surface area contributed by atoms with Gasteiger partial charge in [0.2, 0.25) is 0 Å². The van der Waals surface area contributed by atoms with Crippen molar-refractivity contribution in [3.8, 4) is 11.5 Å². The van der Waals surface area contributed by atoms with E-state index in [0.717, 1.165) is 43.9 Å². The number of piperazine rings is 1. The number of ether oxygens (including phenoxy) is 2. The van der Waals surface area contributed by atoms with Crippen molar-refractivity contribution in [1.82, 2.24) is 15.1 Å². The monoisotopic (exact) mass is 459 g/mol. The van der Waals surface area contributed by atoms with E-state index in [0.29, 0.717) is 30.2 Å². The number of hydrogen-bond acceptors (Lipinski definition) is 5. The van der Waals surface area contributed by atoms with E-state index in [1.807, 2.05) is 30.3 Å². The number of carbonyl (C=O) groups excluding carboxylic acids is 1. The van der Waals surface area contributed by atoms with Gasteiger partial charge in [-0.15, -0.1) is 0 Å². The first kappa shape index (κ1) is 23.8. The number of nitrogens with zero attached hydrogens (tertiary/aromatic N) is 2. The summed E-state index contributed by atoms with van der Waals surface area (Å²) in [6, 6.07) is 23.7. The Labute approximate surface area is 202 Å². The van der Waals surface area contributed by atoms with Crippen LogP contribution in [0.1, 0.15) is 27.0 Å². The Morgan fingerprint density at radius 3 is 2.35 bits per heavy atom. The number of amides is 1. The lowest BCUT2D eigenvalue weighted by atomic mass is 10.1. The molecule has 1 saturated heterocycles. The Kier molecular flexibility index (Phi) is 8.17. The Bertz CT molecular complexity index is 1080. The second-order valence-corrected chi connectivity index (χ2v) is 8.72. The van der Waals surface area contributed by atoms with Crippen molar-refractivity contribution in [2.45, 2.75) is 19.7 Å². The minimum Gasteiger partial charge on any atom is -0.493 e. The first-order chi connectivity index (χ1) is 16.6. The van der Waals surface area contributed by atoms with Crippen LogP contribution in [0, 0.1) is 0 Å². The van der Waals surface area contributed by atoms with Crippen LogP contribution in [0.3, 0.4) is 0 Å². The van der Waals surface area contributed by atoms with Crippen LogP contribution in [0.5, 0.6) is 11.5 Å². The second-order valence-electron chi connectivity index (χ2n) is 8.72. The van der Waals surface area contributed by atoms with Gasteiger partial charge in [-0.3, -0.25) is 9.69 Å². The molecule has 0 unspecified atom stereocenters. The van der Waals surface area contributed by atoms with Crippen LogP contribution < -0.4 is 14.8 Å². The van der Waals surface area contributed by atoms with Gasteiger partial charge in [-0.05, 0) is 41.9 Å². The van der Waals surface area contributed by atoms with Gasteiger partial charge in [0, 0.05) is 44.8 Å². The van der Waals surface area contributed by atoms with Crippen molar-refractivity contribution in [2.75, 3.05) is 40.3 Å². The lowest BCUT2D eigenvalue weighted by Gasteiger charge is -2.32. The van der Waals surface area contributed by atoms with E-state index in [1.54, 1.807) is 25.3 Å². The zero-order valence-corrected chi connectivity index (χ0v) is 20.0. The molecule has 178 valence electrons. The van der Waals surface area contributed by atoms with Gasteiger partial charge in [-0.25, -0.2) is 0 Å². The molecule has 1 fully saturated rings. The summed E-state index contributed by atoms with van der Waals surface area (Å²) in [6.45, 7) is 6.24. The number of likely N-dealkylation sites (N-methyl/N-ethyl adjacent to an activating group) is 1. The molecule has 6 heteroatoms. The highest BCUT2D eigenvalue weighted by Crippen LogP contribution is 2.29. The number of methoxy groups -OCH3 is 1. The minimum absolute atomic E-state index is 0.141. The normalized spacial score (nSPS) is 14.5. The summed E-state index contributed by atoms with van der Waals surface area (Å²) in [7, 11) is 3.75. The summed E-state index contributed by atoms with van der Waals surface area (Å²) in [5.41, 5.74) is 3.98. The van der Waals surface area contributed by atoms with Crippen LogP contribution >= 0.6 is 0 Å². The van der Waals surface area contributed by atoms with E-state index in [-0.39, 0.29) is 5.91 Å². The van der Waals surface area contributed by atoms with E-state index in [2.05, 4.69) is 46.4 Å². The van der Waals surface area contributed by atoms with Crippen molar-refractivity contribution in [3.05, 3.63) is 95.1 Å². The summed E-state index contributed by atoms with van der Waals surface area (Å²) < 4.78 is 11.4. The molecule has 1 amide bonds. The van der Waals surface area contributed by atoms with Gasteiger partial charge < -0.3 is 19.7 Å². The van der Waals surface area contributed by atoms with E-state index in [1.165, 1.54) is 5.56 Å². The van der Waals surface area contributed by atoms with Crippen LogP contribution in [0.4, 0.5) is 0 Å². The fourth-order valence-electron chi connectivity index (χ4n) is 4.05. The second kappa shape index (κ2) is 11.7. The average Bonchev–Trinajstić information content (AvgIpc) is 2.88. The van der Waals surface area contributed by atoms with Crippen molar-refractivity contribution < 1.29 is 14.3 Å². The Morgan fingerprint density at radius 1 is 0.853 bits per heavy atom. The van der Waals surface area contributed by atoms with Crippen LogP contribution in [-0.2, 0) is 19.7 Å². The molecule has 0 spiro atoms. The standard InChI is InChI=1S/C28H33N3O3/c1-30-13-15-31(16-14-30)20-24-10-6-9-23(17-24)19-29-28(32)25-11-12-26(27(18-25)33-2)34-21-22-7-4-3-5-8-22/h3-12,17-18H,13-16,19-21H2,1-2H3,(H,29,32). The number of rotatable bonds is 9. The van der Waals surface area contributed by atoms with Gasteiger partial charge >= 0.3 is 0 Å². The van der Waals surface area contributed by atoms with E-state index < -0.39 is 0 Å². The van der Waals surface area contributed by atoms with Crippen molar-refractivity contribution in [3.63, 3.8) is 0 Å². The van der Waals surface area contributed by atoms with E-state index in [9.17, 15) is 4.79 Å². The third-order valence-corrected chi connectivity index (χ3v) is 6.11. The largest absolute Gasteiger partial charge is 0.493 e. The molecule has 0 aromatic heterocycles. The number of benzene rings is 3. The average molecular weight is 460 g/mol. The smallest absolute Gasteiger partial charge is 0.251 e. The highest BCUT2D eigenvalue weighted by atomic mass is 16.5. The number of carbonyl (C=O) groups is 1. The van der Waals surface area contributed by atoms with Crippen LogP contribution in [0.2, 0.25) is 0 Å². The topological polar surface area (TPSA) is 54.0 Å². The summed E-state index contributed by atoms with van der Waals surface area (Å²) in [5, 5.41) is 3.02. The zero-order chi connectivity index (χ0) is 23.8. The first-order valence-electron chi connectivity index (χ1n) is 11.7. The van der Waals surface area contributed by atoms with Gasteiger partial charge in [0.05, 0.1) is 7.11 Å². The predicted molar refractivity (Wildman–Crippen MR) is 134 cm³/mol. The number of nitrogens with one attached hydrogen (secondary N) is 1. The molecule has 0 bridgehead atoms. The molecule has 1 aliphatic rings. The van der Waals surface area contributed by atoms with Crippen molar-refractivity contribution >= 4 is 5.91 Å². The molecule has 3 aromatic rings. The molecular formula is C28H33N3O3. The van der Waals surface area contributed by atoms with Crippen LogP contribution in [0.15, 0.2) is 72.8 Å². The molecule has 6 nitrogen and oxygen atoms in total. The Morgan fingerprint density at radius 2 is 1.59 bits per heavy atom. The van der Waals surface area contributed by atoms with Gasteiger partial charge in [0.1, 0.15) is 6.61 Å². The molecule has 1 aliphatic heterocycles. The highest BCUT2D eigenvalue weighted by molar-refractivity contribution is 5.94. The molecule has 3 aromatic carbocycles. The van der Waals surface area contributed by atoms with Crippen molar-refractivity contribution in [2.24, 2.45) is 0 Å². The quantitative estimate of drug-likeness (QED) is 0.525. The Hall–Kier alpha value is -3.35. The predicted octanol–water partition coefficient (Wildman–Crippen LogP) is 3.95. The maximum absolute atomic E-state index is 12.8. The molecule has 1 heterocycles. The zero-order valence-electron chi connectivity index (χ0n) is 20.0. The first-order valence-corrected chi connectivity index (χ1v) is 11.7. The number of hydrogen-bond donors (Lipinski definition) is 1. The summed E-state index contributed by atoms with van der Waals surface area (Å²) in [4.78, 5) is 17.6. The third kappa shape index (κ3) is 6.59. The van der Waals surface area contributed by atoms with E-state index in [4.69, 9.17) is 9.47 Å². The molecule has 0 atom stereocenters. The molecule has 0 radical (unpaired) electrons. The summed E-state index contributed by atoms with van der Waals surface area (Å²) in [5.74, 6) is 1.01.